The molecule has 0 spiro atoms. The number of allylic oxidation sites excluding steroid dienone is 2. The third kappa shape index (κ3) is 4.93. The molecule has 3 N–H and O–H groups in total. The molecule has 3 aromatic carbocycles. The Kier molecular flexibility index (Phi) is 7.85. The van der Waals surface area contributed by atoms with E-state index < -0.39 is 76.8 Å². The van der Waals surface area contributed by atoms with Crippen LogP contribution in [0.1, 0.15) is 47.4 Å². The first-order chi connectivity index (χ1) is 23.3. The van der Waals surface area contributed by atoms with Gasteiger partial charge in [-0.3, -0.25) is 34.3 Å². The summed E-state index contributed by atoms with van der Waals surface area (Å²) >= 11 is 6.32. The smallest absolute Gasteiger partial charge is 0.305 e. The molecule has 7 rings (SSSR count). The van der Waals surface area contributed by atoms with Gasteiger partial charge in [-0.25, -0.2) is 4.39 Å². The van der Waals surface area contributed by atoms with Gasteiger partial charge in [0.15, 0.2) is 0 Å². The van der Waals surface area contributed by atoms with Crippen molar-refractivity contribution in [1.29, 1.82) is 0 Å². The highest BCUT2D eigenvalue weighted by molar-refractivity contribution is 6.30. The number of aryl methyl sites for hydroxylation is 2. The number of hydrogen-bond donors (Lipinski definition) is 3. The maximum absolute atomic E-state index is 15.1. The van der Waals surface area contributed by atoms with Crippen LogP contribution in [0, 0.1) is 43.3 Å². The van der Waals surface area contributed by atoms with Crippen LogP contribution in [0.15, 0.2) is 72.3 Å². The van der Waals surface area contributed by atoms with Crippen molar-refractivity contribution in [2.45, 2.75) is 44.4 Å². The van der Waals surface area contributed by atoms with Gasteiger partial charge in [-0.1, -0.05) is 47.5 Å². The second-order valence-corrected chi connectivity index (χ2v) is 13.8. The van der Waals surface area contributed by atoms with Crippen molar-refractivity contribution in [1.82, 2.24) is 9.91 Å². The van der Waals surface area contributed by atoms with E-state index in [1.54, 1.807) is 50.2 Å². The number of carboxylic acid groups (broad SMARTS) is 1. The summed E-state index contributed by atoms with van der Waals surface area (Å²) in [5.74, 6) is -7.63. The summed E-state index contributed by atoms with van der Waals surface area (Å²) < 4.78 is 13.8. The molecule has 6 atom stereocenters. The first-order valence-corrected chi connectivity index (χ1v) is 16.5. The van der Waals surface area contributed by atoms with Crippen LogP contribution >= 0.6 is 11.6 Å². The summed E-state index contributed by atoms with van der Waals surface area (Å²) in [5, 5.41) is 21.4. The standard InChI is InChI=1S/C37H33ClFN3O7/c1-18-15-20(16-19(2)32(18)45)31-25-11-12-26-30(35(48)41(33(26)46)14-13-29(43)44)27(25)17-28-34(47)42(40-24-9-7-23(39)8-10-24)36(49)37(28,31)21-3-5-22(38)6-4-21/h3-11,15-16,26-28,30-31,40,45H,12-14,17H2,1-2H3,(H,43,44). The van der Waals surface area contributed by atoms with Crippen molar-refractivity contribution in [3.63, 3.8) is 0 Å². The molecule has 6 unspecified atom stereocenters. The molecule has 10 nitrogen and oxygen atoms in total. The quantitative estimate of drug-likeness (QED) is 0.226. The van der Waals surface area contributed by atoms with E-state index in [1.165, 1.54) is 24.3 Å². The fraction of sp³-hybridized carbons (Fsp3) is 0.324. The first kappa shape index (κ1) is 32.5. The number of phenolic OH excluding ortho intramolecular Hbond substituents is 1. The minimum Gasteiger partial charge on any atom is -0.507 e. The number of hydrazine groups is 1. The fourth-order valence-electron chi connectivity index (χ4n) is 8.68. The number of benzene rings is 3. The monoisotopic (exact) mass is 685 g/mol. The minimum absolute atomic E-state index is 0.0557. The van der Waals surface area contributed by atoms with Gasteiger partial charge in [-0.15, -0.1) is 0 Å². The molecule has 2 aliphatic carbocycles. The molecular formula is C37H33ClFN3O7. The average molecular weight is 686 g/mol. The third-order valence-corrected chi connectivity index (χ3v) is 11.0. The van der Waals surface area contributed by atoms with E-state index in [2.05, 4.69) is 5.43 Å². The number of likely N-dealkylation sites (tertiary alicyclic amines) is 1. The summed E-state index contributed by atoms with van der Waals surface area (Å²) in [7, 11) is 0. The maximum Gasteiger partial charge on any atom is 0.305 e. The van der Waals surface area contributed by atoms with E-state index >= 15 is 4.79 Å². The summed E-state index contributed by atoms with van der Waals surface area (Å²) in [4.78, 5) is 69.7. The van der Waals surface area contributed by atoms with Crippen molar-refractivity contribution < 1.29 is 38.6 Å². The number of halogens is 2. The van der Waals surface area contributed by atoms with Gasteiger partial charge in [0.2, 0.25) is 11.8 Å². The van der Waals surface area contributed by atoms with Crippen LogP contribution in [-0.4, -0.2) is 56.3 Å². The number of aromatic hydroxyl groups is 1. The number of hydrogen-bond acceptors (Lipinski definition) is 7. The molecular weight excluding hydrogens is 653 g/mol. The predicted octanol–water partition coefficient (Wildman–Crippen LogP) is 5.26. The Balaban J connectivity index is 1.44. The van der Waals surface area contributed by atoms with E-state index in [-0.39, 0.29) is 25.1 Å². The number of anilines is 1. The number of amides is 4. The normalized spacial score (nSPS) is 27.5. The number of phenols is 1. The maximum atomic E-state index is 15.1. The van der Waals surface area contributed by atoms with Gasteiger partial charge in [0, 0.05) is 17.5 Å². The Bertz CT molecular complexity index is 1940. The lowest BCUT2D eigenvalue weighted by Gasteiger charge is -2.50. The Morgan fingerprint density at radius 1 is 0.959 bits per heavy atom. The molecule has 2 saturated heterocycles. The Morgan fingerprint density at radius 3 is 2.24 bits per heavy atom. The van der Waals surface area contributed by atoms with Crippen LogP contribution < -0.4 is 5.43 Å². The van der Waals surface area contributed by atoms with E-state index in [9.17, 15) is 33.8 Å². The van der Waals surface area contributed by atoms with Crippen molar-refractivity contribution in [3.05, 3.63) is 105 Å². The molecule has 49 heavy (non-hydrogen) atoms. The predicted molar refractivity (Wildman–Crippen MR) is 176 cm³/mol. The fourth-order valence-corrected chi connectivity index (χ4v) is 8.81. The Morgan fingerprint density at radius 2 is 1.61 bits per heavy atom. The molecule has 1 saturated carbocycles. The lowest BCUT2D eigenvalue weighted by molar-refractivity contribution is -0.143. The number of carbonyl (C=O) groups excluding carboxylic acids is 4. The van der Waals surface area contributed by atoms with Crippen molar-refractivity contribution in [2.24, 2.45) is 23.7 Å². The van der Waals surface area contributed by atoms with Gasteiger partial charge in [-0.2, -0.15) is 5.01 Å². The molecule has 0 bridgehead atoms. The molecule has 0 aromatic heterocycles. The van der Waals surface area contributed by atoms with Crippen LogP contribution in [0.25, 0.3) is 0 Å². The number of imide groups is 2. The van der Waals surface area contributed by atoms with Gasteiger partial charge >= 0.3 is 5.97 Å². The zero-order valence-corrected chi connectivity index (χ0v) is 27.4. The topological polar surface area (TPSA) is 144 Å². The van der Waals surface area contributed by atoms with Crippen LogP contribution in [0.2, 0.25) is 5.02 Å². The van der Waals surface area contributed by atoms with Gasteiger partial charge in [0.05, 0.1) is 35.3 Å². The summed E-state index contributed by atoms with van der Waals surface area (Å²) in [6, 6.07) is 15.6. The van der Waals surface area contributed by atoms with Crippen LogP contribution in [0.5, 0.6) is 5.75 Å². The number of nitrogens with one attached hydrogen (secondary N) is 1. The van der Waals surface area contributed by atoms with Crippen molar-refractivity contribution in [2.75, 3.05) is 12.0 Å². The minimum atomic E-state index is -1.55. The molecule has 0 radical (unpaired) electrons. The van der Waals surface area contributed by atoms with Crippen molar-refractivity contribution in [3.8, 4) is 5.75 Å². The molecule has 2 heterocycles. The molecule has 4 aliphatic rings. The number of carboxylic acids is 1. The third-order valence-electron chi connectivity index (χ3n) is 10.7. The van der Waals surface area contributed by atoms with Crippen molar-refractivity contribution >= 4 is 46.9 Å². The number of carbonyl (C=O) groups is 5. The molecule has 3 fully saturated rings. The van der Waals surface area contributed by atoms with E-state index in [0.717, 1.165) is 15.5 Å². The van der Waals surface area contributed by atoms with Gasteiger partial charge in [-0.05, 0) is 91.3 Å². The lowest BCUT2D eigenvalue weighted by atomic mass is 9.49. The van der Waals surface area contributed by atoms with Crippen LogP contribution in [-0.2, 0) is 29.4 Å². The summed E-state index contributed by atoms with van der Waals surface area (Å²) in [5.41, 5.74) is 4.67. The summed E-state index contributed by atoms with van der Waals surface area (Å²) in [6.07, 6.45) is 1.76. The second kappa shape index (κ2) is 11.8. The summed E-state index contributed by atoms with van der Waals surface area (Å²) in [6.45, 7) is 3.23. The Labute approximate surface area is 286 Å². The van der Waals surface area contributed by atoms with E-state index in [0.29, 0.717) is 33.0 Å². The second-order valence-electron chi connectivity index (χ2n) is 13.3. The molecule has 2 aliphatic heterocycles. The zero-order chi connectivity index (χ0) is 34.9. The molecule has 3 aromatic rings. The zero-order valence-electron chi connectivity index (χ0n) is 26.7. The average Bonchev–Trinajstić information content (AvgIpc) is 3.44. The largest absolute Gasteiger partial charge is 0.507 e. The highest BCUT2D eigenvalue weighted by atomic mass is 35.5. The SMILES string of the molecule is Cc1cc(C2C3=CCC4C(=O)N(CCC(=O)O)C(=O)C4C3CC3C(=O)N(Nc4ccc(F)cc4)C(=O)C32c2ccc(Cl)cc2)cc(C)c1O. The van der Waals surface area contributed by atoms with E-state index in [4.69, 9.17) is 11.6 Å². The number of nitrogens with zero attached hydrogens (tertiary/aromatic N) is 2. The van der Waals surface area contributed by atoms with E-state index in [1.807, 2.05) is 6.08 Å². The Hall–Kier alpha value is -5.03. The number of fused-ring (bicyclic) bond motifs is 4. The molecule has 4 amide bonds. The number of rotatable bonds is 7. The first-order valence-electron chi connectivity index (χ1n) is 16.1. The van der Waals surface area contributed by atoms with Gasteiger partial charge in [0.1, 0.15) is 11.6 Å². The molecule has 12 heteroatoms. The van der Waals surface area contributed by atoms with Gasteiger partial charge in [0.25, 0.3) is 11.8 Å². The van der Waals surface area contributed by atoms with Crippen LogP contribution in [0.4, 0.5) is 10.1 Å². The number of aliphatic carboxylic acids is 1. The highest BCUT2D eigenvalue weighted by Gasteiger charge is 2.70. The lowest BCUT2D eigenvalue weighted by Crippen LogP contribution is -2.53. The van der Waals surface area contributed by atoms with Gasteiger partial charge < -0.3 is 10.2 Å². The highest BCUT2D eigenvalue weighted by Crippen LogP contribution is 2.64. The van der Waals surface area contributed by atoms with Crippen LogP contribution in [0.3, 0.4) is 0 Å². The molecule has 252 valence electrons.